The highest BCUT2D eigenvalue weighted by atomic mass is 16.2. The van der Waals surface area contributed by atoms with Crippen LogP contribution in [-0.4, -0.2) is 30.0 Å². The molecule has 134 valence electrons. The third-order valence-corrected chi connectivity index (χ3v) is 4.31. The van der Waals surface area contributed by atoms with Crippen LogP contribution in [0.25, 0.3) is 16.7 Å². The van der Waals surface area contributed by atoms with Crippen LogP contribution >= 0.6 is 0 Å². The maximum Gasteiger partial charge on any atom is 0.258 e. The van der Waals surface area contributed by atoms with Crippen LogP contribution in [-0.2, 0) is 7.05 Å². The minimum Gasteiger partial charge on any atom is -0.292 e. The lowest BCUT2D eigenvalue weighted by Gasteiger charge is -2.12. The molecule has 4 aromatic rings. The zero-order valence-electron chi connectivity index (χ0n) is 14.7. The summed E-state index contributed by atoms with van der Waals surface area (Å²) in [6, 6.07) is 10.4. The number of aryl methyl sites for hydroxylation is 1. The van der Waals surface area contributed by atoms with E-state index in [1.807, 2.05) is 31.2 Å². The van der Waals surface area contributed by atoms with Crippen molar-refractivity contribution in [2.24, 2.45) is 7.05 Å². The van der Waals surface area contributed by atoms with E-state index in [0.29, 0.717) is 22.3 Å². The molecular formula is C19H16N6O2. The Bertz CT molecular complexity index is 1220. The second-order valence-electron chi connectivity index (χ2n) is 6.01. The van der Waals surface area contributed by atoms with Gasteiger partial charge in [0, 0.05) is 37.1 Å². The molecule has 3 heterocycles. The first-order valence-electron chi connectivity index (χ1n) is 8.28. The molecule has 8 heteroatoms. The Balaban J connectivity index is 1.85. The van der Waals surface area contributed by atoms with Crippen molar-refractivity contribution in [1.82, 2.24) is 24.1 Å². The number of nitrogens with zero attached hydrogens (tertiary/aromatic N) is 5. The summed E-state index contributed by atoms with van der Waals surface area (Å²) in [6.45, 7) is 1.86. The third-order valence-electron chi connectivity index (χ3n) is 4.31. The molecule has 0 aliphatic heterocycles. The largest absolute Gasteiger partial charge is 0.292 e. The highest BCUT2D eigenvalue weighted by molar-refractivity contribution is 6.12. The maximum atomic E-state index is 13.0. The number of fused-ring (bicyclic) bond motifs is 1. The lowest BCUT2D eigenvalue weighted by molar-refractivity contribution is 0.102. The van der Waals surface area contributed by atoms with Crippen LogP contribution in [0.1, 0.15) is 16.2 Å². The van der Waals surface area contributed by atoms with Crippen molar-refractivity contribution in [2.45, 2.75) is 6.92 Å². The van der Waals surface area contributed by atoms with Crippen molar-refractivity contribution in [2.75, 3.05) is 5.32 Å². The second kappa shape index (κ2) is 6.49. The third kappa shape index (κ3) is 2.97. The lowest BCUT2D eigenvalue weighted by Crippen LogP contribution is -2.24. The van der Waals surface area contributed by atoms with Gasteiger partial charge in [0.2, 0.25) is 5.95 Å². The highest BCUT2D eigenvalue weighted by Gasteiger charge is 2.16. The molecule has 0 fully saturated rings. The fourth-order valence-electron chi connectivity index (χ4n) is 2.85. The molecule has 0 atom stereocenters. The predicted molar refractivity (Wildman–Crippen MR) is 101 cm³/mol. The van der Waals surface area contributed by atoms with Crippen LogP contribution in [0.3, 0.4) is 0 Å². The molecule has 3 aromatic heterocycles. The van der Waals surface area contributed by atoms with Gasteiger partial charge in [-0.05, 0) is 19.1 Å². The highest BCUT2D eigenvalue weighted by Crippen LogP contribution is 2.22. The fraction of sp³-hybridized carbons (Fsp3) is 0.105. The number of amides is 1. The summed E-state index contributed by atoms with van der Waals surface area (Å²) < 4.78 is 3.09. The number of pyridine rings is 1. The van der Waals surface area contributed by atoms with E-state index in [-0.39, 0.29) is 17.4 Å². The number of hydrogen-bond acceptors (Lipinski definition) is 5. The van der Waals surface area contributed by atoms with Crippen LogP contribution in [0.5, 0.6) is 0 Å². The molecule has 1 amide bonds. The number of benzene rings is 1. The molecule has 0 spiro atoms. The van der Waals surface area contributed by atoms with Gasteiger partial charge in [0.1, 0.15) is 11.6 Å². The number of hydrogen-bond donors (Lipinski definition) is 1. The summed E-state index contributed by atoms with van der Waals surface area (Å²) in [7, 11) is 1.55. The van der Waals surface area contributed by atoms with Crippen molar-refractivity contribution in [1.29, 1.82) is 0 Å². The van der Waals surface area contributed by atoms with E-state index < -0.39 is 0 Å². The summed E-state index contributed by atoms with van der Waals surface area (Å²) in [4.78, 5) is 37.7. The van der Waals surface area contributed by atoms with Gasteiger partial charge in [0.15, 0.2) is 0 Å². The Morgan fingerprint density at radius 3 is 2.70 bits per heavy atom. The van der Waals surface area contributed by atoms with Crippen molar-refractivity contribution in [3.05, 3.63) is 76.7 Å². The number of aromatic nitrogens is 5. The molecule has 27 heavy (non-hydrogen) atoms. The molecule has 1 N–H and O–H groups in total. The van der Waals surface area contributed by atoms with Crippen LogP contribution in [0.2, 0.25) is 0 Å². The standard InChI is InChI=1S/C19H16N6O2/c1-12-20-9-10-25(12)16-11-14(13-5-3-4-6-15(13)22-16)18(27)23-19-21-8-7-17(26)24(19)2/h3-11H,1-2H3,(H,21,23,27). The number of imidazole rings is 1. The number of carbonyl (C=O) groups is 1. The summed E-state index contributed by atoms with van der Waals surface area (Å²) in [5, 5.41) is 3.41. The molecule has 4 rings (SSSR count). The van der Waals surface area contributed by atoms with E-state index >= 15 is 0 Å². The summed E-state index contributed by atoms with van der Waals surface area (Å²) in [5.41, 5.74) is 0.861. The number of para-hydroxylation sites is 1. The van der Waals surface area contributed by atoms with Crippen LogP contribution in [0, 0.1) is 6.92 Å². The van der Waals surface area contributed by atoms with Crippen molar-refractivity contribution >= 4 is 22.8 Å². The quantitative estimate of drug-likeness (QED) is 0.603. The minimum absolute atomic E-state index is 0.175. The zero-order valence-corrected chi connectivity index (χ0v) is 14.7. The minimum atomic E-state index is -0.374. The molecule has 0 saturated heterocycles. The summed E-state index contributed by atoms with van der Waals surface area (Å²) in [6.07, 6.45) is 4.83. The second-order valence-corrected chi connectivity index (χ2v) is 6.01. The van der Waals surface area contributed by atoms with Gasteiger partial charge in [-0.15, -0.1) is 0 Å². The van der Waals surface area contributed by atoms with Crippen molar-refractivity contribution in [3.8, 4) is 5.82 Å². The number of carbonyl (C=O) groups excluding carboxylic acids is 1. The normalized spacial score (nSPS) is 10.9. The van der Waals surface area contributed by atoms with Crippen molar-refractivity contribution in [3.63, 3.8) is 0 Å². The molecule has 0 bridgehead atoms. The van der Waals surface area contributed by atoms with Crippen LogP contribution in [0.15, 0.2) is 59.8 Å². The Morgan fingerprint density at radius 1 is 1.11 bits per heavy atom. The van der Waals surface area contributed by atoms with E-state index in [2.05, 4.69) is 20.3 Å². The Morgan fingerprint density at radius 2 is 1.93 bits per heavy atom. The van der Waals surface area contributed by atoms with Gasteiger partial charge < -0.3 is 0 Å². The Hall–Kier alpha value is -3.81. The molecule has 0 unspecified atom stereocenters. The fourth-order valence-corrected chi connectivity index (χ4v) is 2.85. The van der Waals surface area contributed by atoms with Crippen LogP contribution < -0.4 is 10.9 Å². The summed E-state index contributed by atoms with van der Waals surface area (Å²) >= 11 is 0. The molecule has 0 aliphatic carbocycles. The molecular weight excluding hydrogens is 344 g/mol. The first-order valence-corrected chi connectivity index (χ1v) is 8.28. The average Bonchev–Trinajstić information content (AvgIpc) is 3.10. The van der Waals surface area contributed by atoms with Gasteiger partial charge in [0.05, 0.1) is 11.1 Å². The number of anilines is 1. The van der Waals surface area contributed by atoms with Gasteiger partial charge in [-0.1, -0.05) is 18.2 Å². The number of rotatable bonds is 3. The molecule has 0 aliphatic rings. The molecule has 1 aromatic carbocycles. The van der Waals surface area contributed by atoms with Crippen LogP contribution in [0.4, 0.5) is 5.95 Å². The Kier molecular flexibility index (Phi) is 4.00. The average molecular weight is 360 g/mol. The number of nitrogens with one attached hydrogen (secondary N) is 1. The predicted octanol–water partition coefficient (Wildman–Crippen LogP) is 2.07. The summed E-state index contributed by atoms with van der Waals surface area (Å²) in [5.74, 6) is 1.15. The topological polar surface area (TPSA) is 94.7 Å². The lowest BCUT2D eigenvalue weighted by atomic mass is 10.1. The maximum absolute atomic E-state index is 13.0. The van der Waals surface area contributed by atoms with Gasteiger partial charge in [-0.2, -0.15) is 0 Å². The van der Waals surface area contributed by atoms with Gasteiger partial charge in [-0.25, -0.2) is 15.0 Å². The molecule has 0 saturated carbocycles. The van der Waals surface area contributed by atoms with E-state index in [1.165, 1.54) is 16.8 Å². The van der Waals surface area contributed by atoms with E-state index in [0.717, 1.165) is 5.82 Å². The van der Waals surface area contributed by atoms with E-state index in [4.69, 9.17) is 0 Å². The smallest absolute Gasteiger partial charge is 0.258 e. The zero-order chi connectivity index (χ0) is 19.0. The molecule has 8 nitrogen and oxygen atoms in total. The van der Waals surface area contributed by atoms with Gasteiger partial charge in [0.25, 0.3) is 11.5 Å². The SMILES string of the molecule is Cc1nccn1-c1cc(C(=O)Nc2nccc(=O)n2C)c2ccccc2n1. The first-order chi connectivity index (χ1) is 13.0. The first kappa shape index (κ1) is 16.6. The van der Waals surface area contributed by atoms with E-state index in [9.17, 15) is 9.59 Å². The van der Waals surface area contributed by atoms with Gasteiger partial charge >= 0.3 is 0 Å². The Labute approximate surface area is 154 Å². The monoisotopic (exact) mass is 360 g/mol. The molecule has 0 radical (unpaired) electrons. The van der Waals surface area contributed by atoms with E-state index in [1.54, 1.807) is 30.1 Å². The van der Waals surface area contributed by atoms with Gasteiger partial charge in [-0.3, -0.25) is 24.0 Å². The van der Waals surface area contributed by atoms with Crippen molar-refractivity contribution < 1.29 is 4.79 Å².